The lowest BCUT2D eigenvalue weighted by Gasteiger charge is -2.21. The lowest BCUT2D eigenvalue weighted by molar-refractivity contribution is 0.0728. The van der Waals surface area contributed by atoms with Crippen molar-refractivity contribution < 1.29 is 4.74 Å². The quantitative estimate of drug-likeness (QED) is 0.611. The van der Waals surface area contributed by atoms with E-state index in [4.69, 9.17) is 4.74 Å². The van der Waals surface area contributed by atoms with E-state index in [0.29, 0.717) is 5.44 Å². The molecule has 0 aliphatic carbocycles. The highest BCUT2D eigenvalue weighted by Crippen LogP contribution is 2.24. The predicted octanol–water partition coefficient (Wildman–Crippen LogP) is 3.44. The molecule has 0 amide bonds. The zero-order valence-electron chi connectivity index (χ0n) is 8.05. The topological polar surface area (TPSA) is 9.23 Å². The van der Waals surface area contributed by atoms with Gasteiger partial charge in [0.1, 0.15) is 5.44 Å². The van der Waals surface area contributed by atoms with Gasteiger partial charge in [0.2, 0.25) is 0 Å². The van der Waals surface area contributed by atoms with Crippen molar-refractivity contribution in [3.05, 3.63) is 0 Å². The Hall–Kier alpha value is 0.310. The van der Waals surface area contributed by atoms with Gasteiger partial charge >= 0.3 is 0 Å². The fourth-order valence-electron chi connectivity index (χ4n) is 1.41. The van der Waals surface area contributed by atoms with Gasteiger partial charge in [0.15, 0.2) is 0 Å². The van der Waals surface area contributed by atoms with Crippen LogP contribution in [0.4, 0.5) is 0 Å². The average molecular weight is 188 g/mol. The summed E-state index contributed by atoms with van der Waals surface area (Å²) in [5.41, 5.74) is 0.524. The largest absolute Gasteiger partial charge is 0.368 e. The number of rotatable bonds is 5. The molecule has 0 aromatic heterocycles. The van der Waals surface area contributed by atoms with Crippen molar-refractivity contribution in [2.24, 2.45) is 0 Å². The average Bonchev–Trinajstić information content (AvgIpc) is 2.14. The van der Waals surface area contributed by atoms with Crippen molar-refractivity contribution in [1.29, 1.82) is 0 Å². The van der Waals surface area contributed by atoms with Crippen LogP contribution in [0.3, 0.4) is 0 Å². The van der Waals surface area contributed by atoms with Crippen molar-refractivity contribution in [2.45, 2.75) is 50.9 Å². The van der Waals surface area contributed by atoms with E-state index in [1.165, 1.54) is 44.3 Å². The fourth-order valence-corrected chi connectivity index (χ4v) is 2.57. The lowest BCUT2D eigenvalue weighted by atomic mass is 10.2. The molecule has 1 aliphatic rings. The summed E-state index contributed by atoms with van der Waals surface area (Å²) in [4.78, 5) is 0. The Kier molecular flexibility index (Phi) is 5.88. The molecule has 1 nitrogen and oxygen atoms in total. The summed E-state index contributed by atoms with van der Waals surface area (Å²) in [5, 5.41) is 0. The van der Waals surface area contributed by atoms with E-state index in [9.17, 15) is 0 Å². The second-order valence-electron chi connectivity index (χ2n) is 3.37. The van der Waals surface area contributed by atoms with Crippen LogP contribution in [0.15, 0.2) is 0 Å². The normalized spacial score (nSPS) is 24.2. The van der Waals surface area contributed by atoms with Gasteiger partial charge in [-0.25, -0.2) is 0 Å². The molecule has 12 heavy (non-hydrogen) atoms. The monoisotopic (exact) mass is 188 g/mol. The number of unbranched alkanes of at least 4 members (excludes halogenated alkanes) is 2. The van der Waals surface area contributed by atoms with Gasteiger partial charge in [-0.05, 0) is 31.4 Å². The fraction of sp³-hybridized carbons (Fsp3) is 1.00. The van der Waals surface area contributed by atoms with Crippen molar-refractivity contribution in [1.82, 2.24) is 0 Å². The maximum absolute atomic E-state index is 5.62. The maximum atomic E-state index is 5.62. The molecular formula is C10H20OS. The van der Waals surface area contributed by atoms with E-state index in [-0.39, 0.29) is 0 Å². The minimum absolute atomic E-state index is 0.524. The number of thioether (sulfide) groups is 1. The third-order valence-corrected chi connectivity index (χ3v) is 3.46. The SMILES string of the molecule is CCCCCSC1CCCCO1. The molecule has 1 fully saturated rings. The van der Waals surface area contributed by atoms with Crippen LogP contribution >= 0.6 is 11.8 Å². The van der Waals surface area contributed by atoms with Crippen LogP contribution in [0, 0.1) is 0 Å². The van der Waals surface area contributed by atoms with Gasteiger partial charge < -0.3 is 4.74 Å². The zero-order valence-corrected chi connectivity index (χ0v) is 8.87. The minimum atomic E-state index is 0.524. The summed E-state index contributed by atoms with van der Waals surface area (Å²) in [6.45, 7) is 3.24. The van der Waals surface area contributed by atoms with Crippen LogP contribution in [-0.4, -0.2) is 17.8 Å². The molecule has 0 saturated carbocycles. The van der Waals surface area contributed by atoms with Crippen LogP contribution < -0.4 is 0 Å². The Balaban J connectivity index is 1.91. The molecule has 0 radical (unpaired) electrons. The van der Waals surface area contributed by atoms with E-state index in [0.717, 1.165) is 6.61 Å². The first-order chi connectivity index (χ1) is 5.93. The first-order valence-electron chi connectivity index (χ1n) is 5.16. The third-order valence-electron chi connectivity index (χ3n) is 2.19. The molecule has 0 aromatic rings. The Morgan fingerprint density at radius 2 is 2.25 bits per heavy atom. The second-order valence-corrected chi connectivity index (χ2v) is 4.64. The van der Waals surface area contributed by atoms with Crippen LogP contribution in [0.1, 0.15) is 45.4 Å². The van der Waals surface area contributed by atoms with Gasteiger partial charge in [0, 0.05) is 6.61 Å². The Labute approximate surface area is 80.3 Å². The number of hydrogen-bond donors (Lipinski definition) is 0. The Morgan fingerprint density at radius 3 is 2.92 bits per heavy atom. The summed E-state index contributed by atoms with van der Waals surface area (Å²) in [6.07, 6.45) is 7.97. The smallest absolute Gasteiger partial charge is 0.103 e. The standard InChI is InChI=1S/C10H20OS/c1-2-3-6-9-12-10-7-4-5-8-11-10/h10H,2-9H2,1H3. The van der Waals surface area contributed by atoms with Gasteiger partial charge in [-0.15, -0.1) is 11.8 Å². The summed E-state index contributed by atoms with van der Waals surface area (Å²) in [7, 11) is 0. The molecule has 1 atom stereocenters. The van der Waals surface area contributed by atoms with Crippen LogP contribution in [0.25, 0.3) is 0 Å². The lowest BCUT2D eigenvalue weighted by Crippen LogP contribution is -2.15. The molecule has 0 aromatic carbocycles. The van der Waals surface area contributed by atoms with Crippen molar-refractivity contribution in [2.75, 3.05) is 12.4 Å². The summed E-state index contributed by atoms with van der Waals surface area (Å²) < 4.78 is 5.62. The van der Waals surface area contributed by atoms with Crippen LogP contribution in [0.2, 0.25) is 0 Å². The van der Waals surface area contributed by atoms with Gasteiger partial charge in [0.05, 0.1) is 0 Å². The van der Waals surface area contributed by atoms with Crippen molar-refractivity contribution in [3.8, 4) is 0 Å². The third kappa shape index (κ3) is 4.36. The van der Waals surface area contributed by atoms with Gasteiger partial charge in [-0.1, -0.05) is 19.8 Å². The molecule has 1 heterocycles. The Morgan fingerprint density at radius 1 is 1.33 bits per heavy atom. The number of ether oxygens (including phenoxy) is 1. The highest BCUT2D eigenvalue weighted by atomic mass is 32.2. The maximum Gasteiger partial charge on any atom is 0.103 e. The zero-order chi connectivity index (χ0) is 8.65. The highest BCUT2D eigenvalue weighted by molar-refractivity contribution is 7.99. The summed E-state index contributed by atoms with van der Waals surface area (Å²) >= 11 is 2.02. The van der Waals surface area contributed by atoms with Gasteiger partial charge in [-0.3, -0.25) is 0 Å². The van der Waals surface area contributed by atoms with Crippen molar-refractivity contribution in [3.63, 3.8) is 0 Å². The molecule has 1 unspecified atom stereocenters. The first kappa shape index (κ1) is 10.4. The van der Waals surface area contributed by atoms with E-state index in [1.807, 2.05) is 11.8 Å². The summed E-state index contributed by atoms with van der Waals surface area (Å²) in [6, 6.07) is 0. The molecule has 0 spiro atoms. The molecule has 1 saturated heterocycles. The second kappa shape index (κ2) is 6.79. The molecule has 2 heteroatoms. The molecular weight excluding hydrogens is 168 g/mol. The van der Waals surface area contributed by atoms with E-state index in [2.05, 4.69) is 6.92 Å². The van der Waals surface area contributed by atoms with E-state index >= 15 is 0 Å². The molecule has 0 N–H and O–H groups in total. The van der Waals surface area contributed by atoms with Crippen LogP contribution in [-0.2, 0) is 4.74 Å². The minimum Gasteiger partial charge on any atom is -0.368 e. The van der Waals surface area contributed by atoms with Gasteiger partial charge in [0.25, 0.3) is 0 Å². The summed E-state index contributed by atoms with van der Waals surface area (Å²) in [5.74, 6) is 1.29. The predicted molar refractivity (Wildman–Crippen MR) is 55.6 cm³/mol. The van der Waals surface area contributed by atoms with E-state index < -0.39 is 0 Å². The van der Waals surface area contributed by atoms with Crippen LogP contribution in [0.5, 0.6) is 0 Å². The van der Waals surface area contributed by atoms with Crippen molar-refractivity contribution >= 4 is 11.8 Å². The molecule has 1 rings (SSSR count). The molecule has 1 aliphatic heterocycles. The first-order valence-corrected chi connectivity index (χ1v) is 6.21. The highest BCUT2D eigenvalue weighted by Gasteiger charge is 2.12. The molecule has 0 bridgehead atoms. The molecule has 72 valence electrons. The number of hydrogen-bond acceptors (Lipinski definition) is 2. The van der Waals surface area contributed by atoms with E-state index in [1.54, 1.807) is 0 Å². The van der Waals surface area contributed by atoms with Gasteiger partial charge in [-0.2, -0.15) is 0 Å². The Bertz CT molecular complexity index is 100.